The third-order valence-electron chi connectivity index (χ3n) is 3.23. The van der Waals surface area contributed by atoms with Gasteiger partial charge in [-0.25, -0.2) is 24.5 Å². The Morgan fingerprint density at radius 1 is 1.33 bits per heavy atom. The van der Waals surface area contributed by atoms with Gasteiger partial charge < -0.3 is 14.6 Å². The number of hydrogen-bond donors (Lipinski definition) is 1. The minimum atomic E-state index is -1.06. The van der Waals surface area contributed by atoms with Crippen LogP contribution in [0.3, 0.4) is 0 Å². The van der Waals surface area contributed by atoms with Gasteiger partial charge in [-0.2, -0.15) is 5.10 Å². The van der Waals surface area contributed by atoms with Crippen molar-refractivity contribution in [3.8, 4) is 17.3 Å². The number of rotatable bonds is 8. The van der Waals surface area contributed by atoms with Crippen LogP contribution in [0.1, 0.15) is 10.4 Å². The fourth-order valence-corrected chi connectivity index (χ4v) is 2.58. The van der Waals surface area contributed by atoms with Crippen molar-refractivity contribution in [1.29, 1.82) is 0 Å². The highest BCUT2D eigenvalue weighted by Crippen LogP contribution is 2.33. The molecule has 7 nitrogen and oxygen atoms in total. The standard InChI is InChI=1S/C16H23N3O4S/c1-22-14-7-5-6-13(17-14)15-12(16(20)21)10-19(18-15)11-23-8-9-24(2,3)4/h5-7,10H,8-9,11H2,1-4H3,(H,20,21). The molecule has 0 saturated carbocycles. The Kier molecular flexibility index (Phi) is 5.84. The lowest BCUT2D eigenvalue weighted by Gasteiger charge is -2.24. The van der Waals surface area contributed by atoms with Gasteiger partial charge in [0.2, 0.25) is 5.88 Å². The Morgan fingerprint density at radius 2 is 2.08 bits per heavy atom. The van der Waals surface area contributed by atoms with Crippen molar-refractivity contribution >= 4 is 16.0 Å². The molecule has 2 rings (SSSR count). The summed E-state index contributed by atoms with van der Waals surface area (Å²) in [4.78, 5) is 15.7. The number of aromatic carboxylic acids is 1. The molecule has 0 aliphatic carbocycles. The monoisotopic (exact) mass is 353 g/mol. The summed E-state index contributed by atoms with van der Waals surface area (Å²) in [6.07, 6.45) is 8.13. The van der Waals surface area contributed by atoms with Gasteiger partial charge in [-0.05, 0) is 24.8 Å². The highest BCUT2D eigenvalue weighted by atomic mass is 32.3. The van der Waals surface area contributed by atoms with Crippen LogP contribution in [0.15, 0.2) is 24.4 Å². The van der Waals surface area contributed by atoms with Crippen molar-refractivity contribution in [3.05, 3.63) is 30.0 Å². The minimum Gasteiger partial charge on any atom is -0.481 e. The molecule has 0 amide bonds. The van der Waals surface area contributed by atoms with Crippen molar-refractivity contribution < 1.29 is 19.4 Å². The molecule has 0 unspecified atom stereocenters. The summed E-state index contributed by atoms with van der Waals surface area (Å²) < 4.78 is 12.2. The summed E-state index contributed by atoms with van der Waals surface area (Å²) in [5.74, 6) is 0.340. The molecule has 0 spiro atoms. The van der Waals surface area contributed by atoms with E-state index in [0.29, 0.717) is 23.9 Å². The summed E-state index contributed by atoms with van der Waals surface area (Å²) in [6, 6.07) is 5.14. The number of carboxylic acid groups (broad SMARTS) is 1. The SMILES string of the molecule is COc1cccc(-c2nn(COCCS(C)(C)C)cc2C(=O)O)n1. The molecule has 0 atom stereocenters. The number of methoxy groups -OCH3 is 1. The summed E-state index contributed by atoms with van der Waals surface area (Å²) in [6.45, 7) is 0.827. The molecule has 0 radical (unpaired) electrons. The second-order valence-electron chi connectivity index (χ2n) is 6.13. The lowest BCUT2D eigenvalue weighted by molar-refractivity contribution is 0.0694. The number of aromatic nitrogens is 3. The Hall–Kier alpha value is -2.06. The van der Waals surface area contributed by atoms with Crippen LogP contribution in [-0.4, -0.2) is 64.1 Å². The highest BCUT2D eigenvalue weighted by Gasteiger charge is 2.18. The van der Waals surface area contributed by atoms with Crippen LogP contribution in [0, 0.1) is 0 Å². The Balaban J connectivity index is 2.16. The zero-order valence-corrected chi connectivity index (χ0v) is 15.2. The quantitative estimate of drug-likeness (QED) is 0.733. The molecule has 1 N–H and O–H groups in total. The molecule has 2 aromatic heterocycles. The van der Waals surface area contributed by atoms with E-state index in [2.05, 4.69) is 28.8 Å². The molecule has 2 aromatic rings. The maximum atomic E-state index is 11.5. The lowest BCUT2D eigenvalue weighted by Crippen LogP contribution is -2.10. The topological polar surface area (TPSA) is 86.5 Å². The smallest absolute Gasteiger partial charge is 0.339 e. The van der Waals surface area contributed by atoms with E-state index in [1.807, 2.05) is 0 Å². The number of ether oxygens (including phenoxy) is 2. The number of carbonyl (C=O) groups is 1. The number of pyridine rings is 1. The number of carboxylic acids is 1. The first-order chi connectivity index (χ1) is 11.3. The van der Waals surface area contributed by atoms with Gasteiger partial charge in [-0.15, -0.1) is 0 Å². The predicted molar refractivity (Wildman–Crippen MR) is 95.2 cm³/mol. The molecule has 0 aliphatic rings. The Labute approximate surface area is 142 Å². The molecule has 0 bridgehead atoms. The number of hydrogen-bond acceptors (Lipinski definition) is 5. The van der Waals surface area contributed by atoms with Gasteiger partial charge in [0.05, 0.1) is 19.4 Å². The Bertz CT molecular complexity index is 710. The summed E-state index contributed by atoms with van der Waals surface area (Å²) in [5.41, 5.74) is 0.830. The van der Waals surface area contributed by atoms with Gasteiger partial charge in [-0.1, -0.05) is 6.07 Å². The molecule has 0 fully saturated rings. The molecule has 2 heterocycles. The normalized spacial score (nSPS) is 12.2. The number of nitrogens with zero attached hydrogens (tertiary/aromatic N) is 3. The van der Waals surface area contributed by atoms with E-state index in [9.17, 15) is 9.90 Å². The first kappa shape index (κ1) is 18.3. The van der Waals surface area contributed by atoms with Crippen molar-refractivity contribution in [2.75, 3.05) is 38.2 Å². The Morgan fingerprint density at radius 3 is 2.71 bits per heavy atom. The van der Waals surface area contributed by atoms with Crippen LogP contribution >= 0.6 is 10.0 Å². The molecule has 0 saturated heterocycles. The van der Waals surface area contributed by atoms with Crippen LogP contribution in [0.5, 0.6) is 5.88 Å². The summed E-state index contributed by atoms with van der Waals surface area (Å²) in [7, 11) is 0.890. The van der Waals surface area contributed by atoms with E-state index in [1.54, 1.807) is 18.2 Å². The average Bonchev–Trinajstić information content (AvgIpc) is 2.95. The van der Waals surface area contributed by atoms with Crippen LogP contribution in [-0.2, 0) is 11.5 Å². The van der Waals surface area contributed by atoms with Crippen LogP contribution < -0.4 is 4.74 Å². The second kappa shape index (κ2) is 7.67. The largest absolute Gasteiger partial charge is 0.481 e. The van der Waals surface area contributed by atoms with Gasteiger partial charge in [0.1, 0.15) is 18.0 Å². The van der Waals surface area contributed by atoms with Crippen LogP contribution in [0.4, 0.5) is 0 Å². The molecule has 0 aromatic carbocycles. The molecular formula is C16H23N3O4S. The first-order valence-corrected chi connectivity index (χ1v) is 10.4. The van der Waals surface area contributed by atoms with Gasteiger partial charge in [0, 0.05) is 18.0 Å². The fraction of sp³-hybridized carbons (Fsp3) is 0.438. The van der Waals surface area contributed by atoms with Crippen molar-refractivity contribution in [2.45, 2.75) is 6.73 Å². The van der Waals surface area contributed by atoms with E-state index >= 15 is 0 Å². The van der Waals surface area contributed by atoms with E-state index in [1.165, 1.54) is 18.0 Å². The van der Waals surface area contributed by atoms with Crippen LogP contribution in [0.25, 0.3) is 11.4 Å². The van der Waals surface area contributed by atoms with E-state index in [4.69, 9.17) is 9.47 Å². The second-order valence-corrected chi connectivity index (χ2v) is 10.7. The van der Waals surface area contributed by atoms with E-state index in [-0.39, 0.29) is 12.3 Å². The molecule has 0 aliphatic heterocycles. The lowest BCUT2D eigenvalue weighted by atomic mass is 10.2. The fourth-order valence-electron chi connectivity index (χ4n) is 1.96. The van der Waals surface area contributed by atoms with Gasteiger partial charge >= 0.3 is 5.97 Å². The minimum absolute atomic E-state index is 0.0841. The van der Waals surface area contributed by atoms with Gasteiger partial charge in [0.15, 0.2) is 0 Å². The van der Waals surface area contributed by atoms with E-state index in [0.717, 1.165) is 5.75 Å². The summed E-state index contributed by atoms with van der Waals surface area (Å²) >= 11 is 0. The van der Waals surface area contributed by atoms with Crippen LogP contribution in [0.2, 0.25) is 0 Å². The zero-order chi connectivity index (χ0) is 17.7. The first-order valence-electron chi connectivity index (χ1n) is 7.36. The highest BCUT2D eigenvalue weighted by molar-refractivity contribution is 8.32. The van der Waals surface area contributed by atoms with E-state index < -0.39 is 16.0 Å². The molecule has 8 heteroatoms. The van der Waals surface area contributed by atoms with Crippen molar-refractivity contribution in [3.63, 3.8) is 0 Å². The average molecular weight is 353 g/mol. The molecule has 132 valence electrons. The maximum absolute atomic E-state index is 11.5. The summed E-state index contributed by atoms with van der Waals surface area (Å²) in [5, 5.41) is 13.7. The van der Waals surface area contributed by atoms with Gasteiger partial charge in [0.25, 0.3) is 0 Å². The molecule has 24 heavy (non-hydrogen) atoms. The third-order valence-corrected chi connectivity index (χ3v) is 4.62. The van der Waals surface area contributed by atoms with Gasteiger partial charge in [-0.3, -0.25) is 0 Å². The zero-order valence-electron chi connectivity index (χ0n) is 14.4. The predicted octanol–water partition coefficient (Wildman–Crippen LogP) is 2.32. The van der Waals surface area contributed by atoms with Crippen molar-refractivity contribution in [1.82, 2.24) is 14.8 Å². The van der Waals surface area contributed by atoms with Crippen molar-refractivity contribution in [2.24, 2.45) is 0 Å². The third kappa shape index (κ3) is 4.97. The maximum Gasteiger partial charge on any atom is 0.339 e. The molecular weight excluding hydrogens is 330 g/mol.